The number of rotatable bonds is 9. The molecule has 0 aromatic carbocycles. The van der Waals surface area contributed by atoms with Crippen molar-refractivity contribution in [2.75, 3.05) is 6.54 Å². The van der Waals surface area contributed by atoms with Gasteiger partial charge in [-0.15, -0.1) is 0 Å². The summed E-state index contributed by atoms with van der Waals surface area (Å²) in [6.07, 6.45) is 12.5. The molecule has 0 heterocycles. The van der Waals surface area contributed by atoms with E-state index in [-0.39, 0.29) is 11.4 Å². The van der Waals surface area contributed by atoms with E-state index in [9.17, 15) is 4.79 Å². The Morgan fingerprint density at radius 2 is 1.72 bits per heavy atom. The summed E-state index contributed by atoms with van der Waals surface area (Å²) in [5.41, 5.74) is 5.98. The molecule has 3 nitrogen and oxygen atoms in total. The van der Waals surface area contributed by atoms with Crippen molar-refractivity contribution in [2.24, 2.45) is 5.73 Å². The molecule has 106 valence electrons. The molecule has 3 heteroatoms. The van der Waals surface area contributed by atoms with Crippen LogP contribution in [0.1, 0.15) is 77.6 Å². The molecule has 0 aromatic rings. The Morgan fingerprint density at radius 1 is 1.11 bits per heavy atom. The summed E-state index contributed by atoms with van der Waals surface area (Å²) in [7, 11) is 0. The zero-order chi connectivity index (χ0) is 13.3. The lowest BCUT2D eigenvalue weighted by atomic mass is 9.94. The van der Waals surface area contributed by atoms with E-state index in [1.807, 2.05) is 0 Å². The molecular weight excluding hydrogens is 224 g/mol. The van der Waals surface area contributed by atoms with Crippen molar-refractivity contribution >= 4 is 5.91 Å². The first-order valence-corrected chi connectivity index (χ1v) is 7.72. The van der Waals surface area contributed by atoms with Crippen LogP contribution in [0, 0.1) is 0 Å². The quantitative estimate of drug-likeness (QED) is 0.621. The van der Waals surface area contributed by atoms with Gasteiger partial charge in [0.15, 0.2) is 0 Å². The SMILES string of the molecule is CCCCCCCCNC(=O)CC1(N)CCCC1. The molecule has 0 bridgehead atoms. The van der Waals surface area contributed by atoms with Crippen molar-refractivity contribution in [3.63, 3.8) is 0 Å². The van der Waals surface area contributed by atoms with E-state index >= 15 is 0 Å². The minimum Gasteiger partial charge on any atom is -0.356 e. The Balaban J connectivity index is 1.97. The summed E-state index contributed by atoms with van der Waals surface area (Å²) >= 11 is 0. The molecule has 0 spiro atoms. The van der Waals surface area contributed by atoms with Crippen LogP contribution >= 0.6 is 0 Å². The van der Waals surface area contributed by atoms with Gasteiger partial charge in [0.05, 0.1) is 0 Å². The maximum absolute atomic E-state index is 11.7. The Labute approximate surface area is 112 Å². The van der Waals surface area contributed by atoms with E-state index in [1.165, 1.54) is 44.9 Å². The molecular formula is C15H30N2O. The molecule has 1 aliphatic carbocycles. The largest absolute Gasteiger partial charge is 0.356 e. The van der Waals surface area contributed by atoms with E-state index in [0.29, 0.717) is 6.42 Å². The van der Waals surface area contributed by atoms with Gasteiger partial charge in [-0.2, -0.15) is 0 Å². The van der Waals surface area contributed by atoms with Crippen molar-refractivity contribution in [3.8, 4) is 0 Å². The second-order valence-electron chi connectivity index (χ2n) is 5.86. The van der Waals surface area contributed by atoms with Crippen molar-refractivity contribution in [2.45, 2.75) is 83.1 Å². The van der Waals surface area contributed by atoms with Gasteiger partial charge < -0.3 is 11.1 Å². The van der Waals surface area contributed by atoms with Crippen LogP contribution in [0.25, 0.3) is 0 Å². The number of carbonyl (C=O) groups excluding carboxylic acids is 1. The maximum Gasteiger partial charge on any atom is 0.221 e. The van der Waals surface area contributed by atoms with E-state index in [4.69, 9.17) is 5.73 Å². The zero-order valence-electron chi connectivity index (χ0n) is 12.0. The molecule has 0 saturated heterocycles. The van der Waals surface area contributed by atoms with Crippen LogP contribution in [0.5, 0.6) is 0 Å². The molecule has 3 N–H and O–H groups in total. The normalized spacial score (nSPS) is 17.9. The monoisotopic (exact) mass is 254 g/mol. The molecule has 1 rings (SSSR count). The summed E-state index contributed by atoms with van der Waals surface area (Å²) in [6, 6.07) is 0. The molecule has 1 saturated carbocycles. The van der Waals surface area contributed by atoms with Crippen molar-refractivity contribution in [1.29, 1.82) is 0 Å². The predicted octanol–water partition coefficient (Wildman–Crippen LogP) is 3.12. The van der Waals surface area contributed by atoms with Crippen molar-refractivity contribution in [3.05, 3.63) is 0 Å². The predicted molar refractivity (Wildman–Crippen MR) is 76.4 cm³/mol. The van der Waals surface area contributed by atoms with Crippen LogP contribution in [0.4, 0.5) is 0 Å². The minimum atomic E-state index is -0.203. The smallest absolute Gasteiger partial charge is 0.221 e. The van der Waals surface area contributed by atoms with Gasteiger partial charge in [-0.1, -0.05) is 51.9 Å². The molecule has 0 aromatic heterocycles. The van der Waals surface area contributed by atoms with Crippen LogP contribution in [0.3, 0.4) is 0 Å². The highest BCUT2D eigenvalue weighted by molar-refractivity contribution is 5.77. The topological polar surface area (TPSA) is 55.1 Å². The lowest BCUT2D eigenvalue weighted by molar-refractivity contribution is -0.122. The Kier molecular flexibility index (Phi) is 7.33. The number of nitrogens with two attached hydrogens (primary N) is 1. The maximum atomic E-state index is 11.7. The first-order chi connectivity index (χ1) is 8.66. The molecule has 0 unspecified atom stereocenters. The summed E-state index contributed by atoms with van der Waals surface area (Å²) in [5, 5.41) is 3.01. The summed E-state index contributed by atoms with van der Waals surface area (Å²) in [4.78, 5) is 11.7. The van der Waals surface area contributed by atoms with E-state index < -0.39 is 0 Å². The highest BCUT2D eigenvalue weighted by atomic mass is 16.1. The lowest BCUT2D eigenvalue weighted by Gasteiger charge is -2.22. The first kappa shape index (κ1) is 15.5. The van der Waals surface area contributed by atoms with Crippen LogP contribution < -0.4 is 11.1 Å². The van der Waals surface area contributed by atoms with E-state index in [1.54, 1.807) is 0 Å². The van der Waals surface area contributed by atoms with Crippen LogP contribution in [-0.4, -0.2) is 18.0 Å². The number of carbonyl (C=O) groups is 1. The van der Waals surface area contributed by atoms with Gasteiger partial charge in [0.25, 0.3) is 0 Å². The molecule has 0 atom stereocenters. The summed E-state index contributed by atoms with van der Waals surface area (Å²) in [6.45, 7) is 3.05. The third kappa shape index (κ3) is 6.39. The average Bonchev–Trinajstić information content (AvgIpc) is 2.74. The fourth-order valence-corrected chi connectivity index (χ4v) is 2.77. The Hall–Kier alpha value is -0.570. The number of unbranched alkanes of at least 4 members (excludes halogenated alkanes) is 5. The second kappa shape index (κ2) is 8.52. The zero-order valence-corrected chi connectivity index (χ0v) is 12.0. The molecule has 18 heavy (non-hydrogen) atoms. The number of hydrogen-bond donors (Lipinski definition) is 2. The van der Waals surface area contributed by atoms with Crippen LogP contribution in [0.2, 0.25) is 0 Å². The Morgan fingerprint density at radius 3 is 2.39 bits per heavy atom. The summed E-state index contributed by atoms with van der Waals surface area (Å²) in [5.74, 6) is 0.146. The van der Waals surface area contributed by atoms with Crippen molar-refractivity contribution < 1.29 is 4.79 Å². The van der Waals surface area contributed by atoms with E-state index in [2.05, 4.69) is 12.2 Å². The lowest BCUT2D eigenvalue weighted by Crippen LogP contribution is -2.42. The van der Waals surface area contributed by atoms with E-state index in [0.717, 1.165) is 25.8 Å². The minimum absolute atomic E-state index is 0.146. The van der Waals surface area contributed by atoms with Crippen molar-refractivity contribution in [1.82, 2.24) is 5.32 Å². The molecule has 0 aliphatic heterocycles. The van der Waals surface area contributed by atoms with Gasteiger partial charge in [0, 0.05) is 18.5 Å². The van der Waals surface area contributed by atoms with Crippen LogP contribution in [-0.2, 0) is 4.79 Å². The number of amides is 1. The number of hydrogen-bond acceptors (Lipinski definition) is 2. The summed E-state index contributed by atoms with van der Waals surface area (Å²) < 4.78 is 0. The highest BCUT2D eigenvalue weighted by Gasteiger charge is 2.31. The molecule has 1 fully saturated rings. The fourth-order valence-electron chi connectivity index (χ4n) is 2.77. The standard InChI is InChI=1S/C15H30N2O/c1-2-3-4-5-6-9-12-17-14(18)13-15(16)10-7-8-11-15/h2-13,16H2,1H3,(H,17,18). The second-order valence-corrected chi connectivity index (χ2v) is 5.86. The van der Waals surface area contributed by atoms with Gasteiger partial charge in [0.1, 0.15) is 0 Å². The highest BCUT2D eigenvalue weighted by Crippen LogP contribution is 2.29. The Bertz CT molecular complexity index is 235. The molecule has 1 aliphatic rings. The third-order valence-electron chi connectivity index (χ3n) is 3.96. The van der Waals surface area contributed by atoms with Gasteiger partial charge in [-0.25, -0.2) is 0 Å². The molecule has 1 amide bonds. The van der Waals surface area contributed by atoms with Gasteiger partial charge in [-0.3, -0.25) is 4.79 Å². The van der Waals surface area contributed by atoms with Crippen LogP contribution in [0.15, 0.2) is 0 Å². The van der Waals surface area contributed by atoms with Gasteiger partial charge in [-0.05, 0) is 19.3 Å². The average molecular weight is 254 g/mol. The van der Waals surface area contributed by atoms with Gasteiger partial charge in [0.2, 0.25) is 5.91 Å². The fraction of sp³-hybridized carbons (Fsp3) is 0.933. The molecule has 0 radical (unpaired) electrons. The number of nitrogens with one attached hydrogen (secondary N) is 1. The third-order valence-corrected chi connectivity index (χ3v) is 3.96. The van der Waals surface area contributed by atoms with Gasteiger partial charge >= 0.3 is 0 Å². The first-order valence-electron chi connectivity index (χ1n) is 7.72.